The van der Waals surface area contributed by atoms with Gasteiger partial charge >= 0.3 is 0 Å². The van der Waals surface area contributed by atoms with Gasteiger partial charge in [0.2, 0.25) is 5.91 Å². The van der Waals surface area contributed by atoms with Crippen molar-refractivity contribution in [3.8, 4) is 16.8 Å². The van der Waals surface area contributed by atoms with Crippen molar-refractivity contribution < 1.29 is 9.18 Å². The highest BCUT2D eigenvalue weighted by Gasteiger charge is 2.20. The number of nitrogens with one attached hydrogen (secondary N) is 2. The van der Waals surface area contributed by atoms with E-state index >= 15 is 0 Å². The Morgan fingerprint density at radius 3 is 2.56 bits per heavy atom. The molecule has 4 aromatic rings. The molecule has 8 heteroatoms. The number of nitrogens with zero attached hydrogens (tertiary/aromatic N) is 2. The largest absolute Gasteiger partial charge is 0.355 e. The van der Waals surface area contributed by atoms with Gasteiger partial charge in [-0.3, -0.25) is 14.2 Å². The minimum absolute atomic E-state index is 0.0748. The van der Waals surface area contributed by atoms with Gasteiger partial charge in [-0.2, -0.15) is 0 Å². The van der Waals surface area contributed by atoms with E-state index in [2.05, 4.69) is 10.3 Å². The minimum atomic E-state index is -0.391. The van der Waals surface area contributed by atoms with Crippen molar-refractivity contribution >= 4 is 28.7 Å². The number of aromatic nitrogens is 3. The summed E-state index contributed by atoms with van der Waals surface area (Å²) in [5.41, 5.74) is 2.85. The number of benzene rings is 2. The van der Waals surface area contributed by atoms with E-state index in [4.69, 9.17) is 4.98 Å². The second kappa shape index (κ2) is 9.85. The first-order valence-electron chi connectivity index (χ1n) is 11.5. The molecule has 1 amide bonds. The van der Waals surface area contributed by atoms with Crippen molar-refractivity contribution in [3.05, 3.63) is 77.0 Å². The molecule has 1 saturated carbocycles. The topological polar surface area (TPSA) is 79.8 Å². The third-order valence-corrected chi connectivity index (χ3v) is 7.08. The lowest BCUT2D eigenvalue weighted by Gasteiger charge is -2.22. The van der Waals surface area contributed by atoms with Gasteiger partial charge < -0.3 is 10.3 Å². The Morgan fingerprint density at radius 1 is 1.09 bits per heavy atom. The van der Waals surface area contributed by atoms with Gasteiger partial charge in [0, 0.05) is 17.8 Å². The Balaban J connectivity index is 1.53. The third-order valence-electron chi connectivity index (χ3n) is 6.14. The SMILES string of the molecule is O=C(CSc1nc2c(-c3ccccc3)c[nH]c2c(=O)n1-c1ccc(F)cc1)NC1CCCCC1. The lowest BCUT2D eigenvalue weighted by molar-refractivity contribution is -0.119. The van der Waals surface area contributed by atoms with Crippen molar-refractivity contribution in [2.45, 2.75) is 43.3 Å². The van der Waals surface area contributed by atoms with Crippen molar-refractivity contribution in [1.29, 1.82) is 0 Å². The predicted octanol–water partition coefficient (Wildman–Crippen LogP) is 5.06. The highest BCUT2D eigenvalue weighted by molar-refractivity contribution is 7.99. The normalized spacial score (nSPS) is 14.4. The zero-order chi connectivity index (χ0) is 23.5. The molecule has 5 rings (SSSR count). The van der Waals surface area contributed by atoms with Gasteiger partial charge in [0.25, 0.3) is 5.56 Å². The smallest absolute Gasteiger partial charge is 0.283 e. The van der Waals surface area contributed by atoms with Crippen molar-refractivity contribution in [2.75, 3.05) is 5.75 Å². The van der Waals surface area contributed by atoms with Gasteiger partial charge in [0.1, 0.15) is 16.9 Å². The molecule has 0 saturated heterocycles. The summed E-state index contributed by atoms with van der Waals surface area (Å²) in [6.45, 7) is 0. The molecule has 6 nitrogen and oxygen atoms in total. The van der Waals surface area contributed by atoms with Crippen LogP contribution in [0.5, 0.6) is 0 Å². The summed E-state index contributed by atoms with van der Waals surface area (Å²) in [5.74, 6) is -0.326. The maximum absolute atomic E-state index is 13.6. The molecule has 0 atom stereocenters. The van der Waals surface area contributed by atoms with E-state index in [0.717, 1.165) is 36.8 Å². The summed E-state index contributed by atoms with van der Waals surface area (Å²) < 4.78 is 15.0. The lowest BCUT2D eigenvalue weighted by atomic mass is 9.95. The van der Waals surface area contributed by atoms with Crippen LogP contribution in [-0.2, 0) is 4.79 Å². The Morgan fingerprint density at radius 2 is 1.82 bits per heavy atom. The first-order chi connectivity index (χ1) is 16.6. The maximum Gasteiger partial charge on any atom is 0.283 e. The molecular formula is C26H25FN4O2S. The summed E-state index contributed by atoms with van der Waals surface area (Å²) in [6, 6.07) is 15.6. The molecule has 1 aliphatic rings. The predicted molar refractivity (Wildman–Crippen MR) is 133 cm³/mol. The molecule has 0 radical (unpaired) electrons. The molecule has 2 aromatic carbocycles. The van der Waals surface area contributed by atoms with E-state index in [0.29, 0.717) is 21.9 Å². The third kappa shape index (κ3) is 4.63. The molecule has 0 spiro atoms. The highest BCUT2D eigenvalue weighted by Crippen LogP contribution is 2.29. The number of hydrogen-bond acceptors (Lipinski definition) is 4. The summed E-state index contributed by atoms with van der Waals surface area (Å²) in [5, 5.41) is 3.50. The second-order valence-electron chi connectivity index (χ2n) is 8.49. The van der Waals surface area contributed by atoms with Crippen LogP contribution in [0.1, 0.15) is 32.1 Å². The van der Waals surface area contributed by atoms with Gasteiger partial charge in [-0.15, -0.1) is 0 Å². The number of aromatic amines is 1. The molecular weight excluding hydrogens is 451 g/mol. The molecule has 1 aliphatic carbocycles. The molecule has 34 heavy (non-hydrogen) atoms. The summed E-state index contributed by atoms with van der Waals surface area (Å²) in [4.78, 5) is 34.1. The standard InChI is InChI=1S/C26H25FN4O2S/c27-18-11-13-20(14-12-18)31-25(33)24-23(21(15-28-24)17-7-3-1-4-8-17)30-26(31)34-16-22(32)29-19-9-5-2-6-10-19/h1,3-4,7-8,11-15,19,28H,2,5-6,9-10,16H2,(H,29,32). The van der Waals surface area contributed by atoms with E-state index < -0.39 is 5.82 Å². The second-order valence-corrected chi connectivity index (χ2v) is 9.44. The fourth-order valence-electron chi connectivity index (χ4n) is 4.44. The summed E-state index contributed by atoms with van der Waals surface area (Å²) in [6.07, 6.45) is 7.27. The Hall–Kier alpha value is -3.39. The molecule has 2 heterocycles. The van der Waals surface area contributed by atoms with E-state index in [-0.39, 0.29) is 23.3 Å². The summed E-state index contributed by atoms with van der Waals surface area (Å²) >= 11 is 1.21. The number of H-pyrrole nitrogens is 1. The fourth-order valence-corrected chi connectivity index (χ4v) is 5.25. The quantitative estimate of drug-likeness (QED) is 0.301. The number of carbonyl (C=O) groups excluding carboxylic acids is 1. The van der Waals surface area contributed by atoms with E-state index in [9.17, 15) is 14.0 Å². The number of rotatable bonds is 6. The number of carbonyl (C=O) groups is 1. The Kier molecular flexibility index (Phi) is 6.49. The first kappa shape index (κ1) is 22.4. The zero-order valence-electron chi connectivity index (χ0n) is 18.6. The number of thioether (sulfide) groups is 1. The maximum atomic E-state index is 13.6. The van der Waals surface area contributed by atoms with Crippen LogP contribution in [0.3, 0.4) is 0 Å². The average Bonchev–Trinajstić information content (AvgIpc) is 3.29. The number of amides is 1. The van der Waals surface area contributed by atoms with Crippen LogP contribution in [0.15, 0.2) is 70.7 Å². The van der Waals surface area contributed by atoms with Gasteiger partial charge in [0.15, 0.2) is 5.16 Å². The van der Waals surface area contributed by atoms with Gasteiger partial charge in [-0.1, -0.05) is 61.4 Å². The van der Waals surface area contributed by atoms with Crippen LogP contribution in [-0.4, -0.2) is 32.2 Å². The highest BCUT2D eigenvalue weighted by atomic mass is 32.2. The number of fused-ring (bicyclic) bond motifs is 1. The lowest BCUT2D eigenvalue weighted by Crippen LogP contribution is -2.37. The molecule has 1 fully saturated rings. The van der Waals surface area contributed by atoms with E-state index in [1.807, 2.05) is 30.3 Å². The Bertz CT molecular complexity index is 1360. The van der Waals surface area contributed by atoms with Crippen LogP contribution >= 0.6 is 11.8 Å². The monoisotopic (exact) mass is 476 g/mol. The van der Waals surface area contributed by atoms with Crippen LogP contribution in [0, 0.1) is 5.82 Å². The Labute approximate surface area is 200 Å². The first-order valence-corrected chi connectivity index (χ1v) is 12.5. The minimum Gasteiger partial charge on any atom is -0.355 e. The van der Waals surface area contributed by atoms with Crippen LogP contribution in [0.2, 0.25) is 0 Å². The molecule has 2 aromatic heterocycles. The van der Waals surface area contributed by atoms with Crippen LogP contribution in [0.25, 0.3) is 27.8 Å². The van der Waals surface area contributed by atoms with Crippen molar-refractivity contribution in [1.82, 2.24) is 19.9 Å². The molecule has 174 valence electrons. The van der Waals surface area contributed by atoms with E-state index in [1.54, 1.807) is 6.20 Å². The number of halogens is 1. The van der Waals surface area contributed by atoms with Crippen molar-refractivity contribution in [2.24, 2.45) is 0 Å². The van der Waals surface area contributed by atoms with Gasteiger partial charge in [-0.05, 0) is 42.7 Å². The zero-order valence-corrected chi connectivity index (χ0v) is 19.4. The molecule has 0 unspecified atom stereocenters. The average molecular weight is 477 g/mol. The summed E-state index contributed by atoms with van der Waals surface area (Å²) in [7, 11) is 0. The van der Waals surface area contributed by atoms with Gasteiger partial charge in [0.05, 0.1) is 11.4 Å². The van der Waals surface area contributed by atoms with E-state index in [1.165, 1.54) is 47.0 Å². The van der Waals surface area contributed by atoms with Crippen LogP contribution in [0.4, 0.5) is 4.39 Å². The van der Waals surface area contributed by atoms with Crippen molar-refractivity contribution in [3.63, 3.8) is 0 Å². The fraction of sp³-hybridized carbons (Fsp3) is 0.269. The molecule has 0 aliphatic heterocycles. The van der Waals surface area contributed by atoms with Gasteiger partial charge in [-0.25, -0.2) is 9.37 Å². The molecule has 2 N–H and O–H groups in total. The van der Waals surface area contributed by atoms with Crippen LogP contribution < -0.4 is 10.9 Å². The number of hydrogen-bond donors (Lipinski definition) is 2. The molecule has 0 bridgehead atoms.